The van der Waals surface area contributed by atoms with Gasteiger partial charge in [-0.1, -0.05) is 24.3 Å². The van der Waals surface area contributed by atoms with Gasteiger partial charge in [-0.05, 0) is 43.2 Å². The lowest BCUT2D eigenvalue weighted by molar-refractivity contribution is 0.0982. The molecule has 0 aliphatic rings. The Morgan fingerprint density at radius 1 is 1.04 bits per heavy atom. The van der Waals surface area contributed by atoms with E-state index in [1.54, 1.807) is 36.4 Å². The summed E-state index contributed by atoms with van der Waals surface area (Å²) in [6.07, 6.45) is 1.26. The Morgan fingerprint density at radius 2 is 1.78 bits per heavy atom. The van der Waals surface area contributed by atoms with Gasteiger partial charge in [-0.25, -0.2) is 13.1 Å². The Kier molecular flexibility index (Phi) is 3.69. The van der Waals surface area contributed by atoms with Gasteiger partial charge in [-0.15, -0.1) is 0 Å². The first-order chi connectivity index (χ1) is 10.9. The molecule has 0 aliphatic carbocycles. The quantitative estimate of drug-likeness (QED) is 0.801. The van der Waals surface area contributed by atoms with E-state index in [0.29, 0.717) is 11.0 Å². The van der Waals surface area contributed by atoms with Crippen molar-refractivity contribution in [2.45, 2.75) is 18.7 Å². The second-order valence-corrected chi connectivity index (χ2v) is 7.01. The number of hydrogen-bond acceptors (Lipinski definition) is 4. The van der Waals surface area contributed by atoms with Crippen LogP contribution in [0.4, 0.5) is 0 Å². The third-order valence-electron chi connectivity index (χ3n) is 3.74. The summed E-state index contributed by atoms with van der Waals surface area (Å²) in [6.45, 7) is 3.71. The highest BCUT2D eigenvalue weighted by atomic mass is 32.2. The standard InChI is InChI=1S/C17H15NO4S/c1-11-7-8-13(9-12(11)2)23(20,21)18-17(19)15-10-22-16-6-4-3-5-14(15)16/h3-10H,1-2H3,(H,18,19). The normalized spacial score (nSPS) is 11.6. The Balaban J connectivity index is 1.93. The van der Waals surface area contributed by atoms with Crippen molar-refractivity contribution in [2.75, 3.05) is 0 Å². The van der Waals surface area contributed by atoms with Gasteiger partial charge in [0, 0.05) is 5.39 Å². The average Bonchev–Trinajstić information content (AvgIpc) is 2.93. The zero-order valence-corrected chi connectivity index (χ0v) is 13.5. The van der Waals surface area contributed by atoms with E-state index < -0.39 is 15.9 Å². The van der Waals surface area contributed by atoms with Crippen molar-refractivity contribution >= 4 is 26.9 Å². The maximum absolute atomic E-state index is 12.4. The molecule has 23 heavy (non-hydrogen) atoms. The monoisotopic (exact) mass is 329 g/mol. The fourth-order valence-corrected chi connectivity index (χ4v) is 3.32. The summed E-state index contributed by atoms with van der Waals surface area (Å²) in [5, 5.41) is 0.570. The summed E-state index contributed by atoms with van der Waals surface area (Å²) in [7, 11) is -3.93. The second kappa shape index (κ2) is 5.55. The average molecular weight is 329 g/mol. The van der Waals surface area contributed by atoms with E-state index in [2.05, 4.69) is 4.72 Å². The number of furan rings is 1. The number of sulfonamides is 1. The summed E-state index contributed by atoms with van der Waals surface area (Å²) in [5.74, 6) is -0.715. The minimum atomic E-state index is -3.93. The van der Waals surface area contributed by atoms with Crippen LogP contribution < -0.4 is 4.72 Å². The van der Waals surface area contributed by atoms with Gasteiger partial charge < -0.3 is 4.42 Å². The van der Waals surface area contributed by atoms with Gasteiger partial charge in [0.15, 0.2) is 0 Å². The van der Waals surface area contributed by atoms with Crippen LogP contribution in [0, 0.1) is 13.8 Å². The lowest BCUT2D eigenvalue weighted by Gasteiger charge is -2.08. The van der Waals surface area contributed by atoms with Crippen LogP contribution in [-0.4, -0.2) is 14.3 Å². The summed E-state index contributed by atoms with van der Waals surface area (Å²) in [5.41, 5.74) is 2.54. The van der Waals surface area contributed by atoms with Crippen LogP contribution >= 0.6 is 0 Å². The number of para-hydroxylation sites is 1. The summed E-state index contributed by atoms with van der Waals surface area (Å²) in [4.78, 5) is 12.4. The molecule has 5 nitrogen and oxygen atoms in total. The zero-order chi connectivity index (χ0) is 16.6. The van der Waals surface area contributed by atoms with Gasteiger partial charge in [0.25, 0.3) is 15.9 Å². The van der Waals surface area contributed by atoms with E-state index in [4.69, 9.17) is 4.42 Å². The Labute approximate surface area is 134 Å². The Hall–Kier alpha value is -2.60. The van der Waals surface area contributed by atoms with Crippen molar-refractivity contribution in [3.8, 4) is 0 Å². The maximum atomic E-state index is 12.4. The van der Waals surface area contributed by atoms with Crippen molar-refractivity contribution in [3.05, 3.63) is 65.4 Å². The van der Waals surface area contributed by atoms with Crippen LogP contribution in [0.15, 0.2) is 58.0 Å². The fraction of sp³-hybridized carbons (Fsp3) is 0.118. The predicted molar refractivity (Wildman–Crippen MR) is 86.8 cm³/mol. The third kappa shape index (κ3) is 2.85. The largest absolute Gasteiger partial charge is 0.463 e. The number of nitrogens with one attached hydrogen (secondary N) is 1. The molecular weight excluding hydrogens is 314 g/mol. The fourth-order valence-electron chi connectivity index (χ4n) is 2.27. The molecule has 0 aliphatic heterocycles. The van der Waals surface area contributed by atoms with Crippen molar-refractivity contribution < 1.29 is 17.6 Å². The highest BCUT2D eigenvalue weighted by Crippen LogP contribution is 2.21. The predicted octanol–water partition coefficient (Wildman–Crippen LogP) is 3.17. The SMILES string of the molecule is Cc1ccc(S(=O)(=O)NC(=O)c2coc3ccccc23)cc1C. The molecule has 0 atom stereocenters. The molecule has 1 amide bonds. The van der Waals surface area contributed by atoms with Gasteiger partial charge >= 0.3 is 0 Å². The molecule has 3 aromatic rings. The number of hydrogen-bond donors (Lipinski definition) is 1. The van der Waals surface area contributed by atoms with Crippen LogP contribution in [0.5, 0.6) is 0 Å². The molecule has 118 valence electrons. The first-order valence-corrected chi connectivity index (χ1v) is 8.47. The first-order valence-electron chi connectivity index (χ1n) is 6.99. The molecule has 1 N–H and O–H groups in total. The molecule has 6 heteroatoms. The molecule has 0 bridgehead atoms. The van der Waals surface area contributed by atoms with Crippen LogP contribution in [0.25, 0.3) is 11.0 Å². The van der Waals surface area contributed by atoms with Crippen LogP contribution in [0.3, 0.4) is 0 Å². The van der Waals surface area contributed by atoms with Gasteiger partial charge in [0.1, 0.15) is 11.8 Å². The summed E-state index contributed by atoms with van der Waals surface area (Å²) >= 11 is 0. The number of amides is 1. The van der Waals surface area contributed by atoms with Crippen LogP contribution in [0.1, 0.15) is 21.5 Å². The molecule has 0 saturated heterocycles. The van der Waals surface area contributed by atoms with E-state index >= 15 is 0 Å². The second-order valence-electron chi connectivity index (χ2n) is 5.33. The molecular formula is C17H15NO4S. The number of benzene rings is 2. The van der Waals surface area contributed by atoms with E-state index in [9.17, 15) is 13.2 Å². The molecule has 0 fully saturated rings. The molecule has 1 heterocycles. The molecule has 3 rings (SSSR count). The van der Waals surface area contributed by atoms with Crippen molar-refractivity contribution in [1.29, 1.82) is 0 Å². The lowest BCUT2D eigenvalue weighted by Crippen LogP contribution is -2.30. The number of aryl methyl sites for hydroxylation is 2. The van der Waals surface area contributed by atoms with E-state index in [1.165, 1.54) is 12.3 Å². The third-order valence-corrected chi connectivity index (χ3v) is 5.07. The molecule has 0 unspecified atom stereocenters. The number of rotatable bonds is 3. The number of carbonyl (C=O) groups is 1. The highest BCUT2D eigenvalue weighted by Gasteiger charge is 2.21. The van der Waals surface area contributed by atoms with E-state index in [-0.39, 0.29) is 10.5 Å². The topological polar surface area (TPSA) is 76.4 Å². The summed E-state index contributed by atoms with van der Waals surface area (Å²) < 4.78 is 32.1. The van der Waals surface area contributed by atoms with Crippen LogP contribution in [-0.2, 0) is 10.0 Å². The van der Waals surface area contributed by atoms with Crippen molar-refractivity contribution in [3.63, 3.8) is 0 Å². The van der Waals surface area contributed by atoms with E-state index in [1.807, 2.05) is 13.8 Å². The van der Waals surface area contributed by atoms with Crippen molar-refractivity contribution in [2.24, 2.45) is 0 Å². The molecule has 1 aromatic heterocycles. The molecule has 0 radical (unpaired) electrons. The van der Waals surface area contributed by atoms with Gasteiger partial charge in [-0.3, -0.25) is 4.79 Å². The number of carbonyl (C=O) groups excluding carboxylic acids is 1. The van der Waals surface area contributed by atoms with E-state index in [0.717, 1.165) is 11.1 Å². The molecule has 0 saturated carbocycles. The highest BCUT2D eigenvalue weighted by molar-refractivity contribution is 7.90. The lowest BCUT2D eigenvalue weighted by atomic mass is 10.1. The maximum Gasteiger partial charge on any atom is 0.268 e. The first kappa shape index (κ1) is 15.3. The van der Waals surface area contributed by atoms with Gasteiger partial charge in [0.05, 0.1) is 10.5 Å². The smallest absolute Gasteiger partial charge is 0.268 e. The Bertz CT molecular complexity index is 1000. The number of fused-ring (bicyclic) bond motifs is 1. The molecule has 0 spiro atoms. The van der Waals surface area contributed by atoms with Gasteiger partial charge in [-0.2, -0.15) is 0 Å². The zero-order valence-electron chi connectivity index (χ0n) is 12.7. The minimum absolute atomic E-state index is 0.0572. The minimum Gasteiger partial charge on any atom is -0.463 e. The summed E-state index contributed by atoms with van der Waals surface area (Å²) in [6, 6.07) is 11.7. The van der Waals surface area contributed by atoms with Crippen molar-refractivity contribution in [1.82, 2.24) is 4.72 Å². The van der Waals surface area contributed by atoms with Crippen LogP contribution in [0.2, 0.25) is 0 Å². The molecule has 2 aromatic carbocycles. The Morgan fingerprint density at radius 3 is 2.52 bits per heavy atom. The van der Waals surface area contributed by atoms with Gasteiger partial charge in [0.2, 0.25) is 0 Å².